The second-order valence-corrected chi connectivity index (χ2v) is 7.41. The normalized spacial score (nSPS) is 40.8. The van der Waals surface area contributed by atoms with Crippen LogP contribution in [0.3, 0.4) is 0 Å². The van der Waals surface area contributed by atoms with Crippen LogP contribution in [-0.4, -0.2) is 119 Å². The molecule has 8 atom stereocenters. The number of aliphatic hydroxyl groups is 2. The highest BCUT2D eigenvalue weighted by molar-refractivity contribution is 7.54. The molecular weight excluding hydrogens is 368 g/mol. The predicted octanol–water partition coefficient (Wildman–Crippen LogP) is -3.16. The maximum Gasteiger partial charge on any atom is 0.570 e. The van der Waals surface area contributed by atoms with Crippen LogP contribution in [0.15, 0.2) is 0 Å². The lowest BCUT2D eigenvalue weighted by Crippen LogP contribution is -2.39. The zero-order valence-electron chi connectivity index (χ0n) is 14.5. The van der Waals surface area contributed by atoms with Gasteiger partial charge >= 0.3 is 8.17 Å². The van der Waals surface area contributed by atoms with Crippen LogP contribution < -0.4 is 0 Å². The lowest BCUT2D eigenvalue weighted by atomic mass is 9.50. The molecule has 0 aliphatic carbocycles. The number of ether oxygens (including phenoxy) is 4. The van der Waals surface area contributed by atoms with Crippen molar-refractivity contribution in [2.75, 3.05) is 27.4 Å². The summed E-state index contributed by atoms with van der Waals surface area (Å²) in [5, 5.41) is 20.0. The third-order valence-corrected chi connectivity index (χ3v) is 5.21. The molecule has 0 bridgehead atoms. The minimum Gasteiger partial charge on any atom is -0.388 e. The van der Waals surface area contributed by atoms with Crippen molar-refractivity contribution in [2.24, 2.45) is 0 Å². The van der Waals surface area contributed by atoms with Crippen molar-refractivity contribution >= 4 is 30.9 Å². The maximum absolute atomic E-state index is 10.1. The molecule has 0 amide bonds. The molecule has 2 heterocycles. The quantitative estimate of drug-likeness (QED) is 0.236. The molecule has 26 heavy (non-hydrogen) atoms. The van der Waals surface area contributed by atoms with Gasteiger partial charge in [-0.1, -0.05) is 0 Å². The Morgan fingerprint density at radius 1 is 1.04 bits per heavy atom. The Morgan fingerprint density at radius 3 is 2.27 bits per heavy atom. The van der Waals surface area contributed by atoms with E-state index in [1.54, 1.807) is 0 Å². The first-order valence-electron chi connectivity index (χ1n) is 7.91. The molecular formula is C12H22B3O10P+. The Morgan fingerprint density at radius 2 is 1.69 bits per heavy atom. The fraction of sp³-hybridized carbons (Fsp3) is 1.00. The maximum atomic E-state index is 10.1. The second-order valence-electron chi connectivity index (χ2n) is 5.96. The van der Waals surface area contributed by atoms with Crippen LogP contribution >= 0.6 is 8.17 Å². The number of aliphatic hydroxyl groups excluding tert-OH is 2. The number of hydrogen-bond donors (Lipinski definition) is 4. The molecule has 0 spiro atoms. The predicted molar refractivity (Wildman–Crippen MR) is 91.5 cm³/mol. The Hall–Kier alpha value is 0.225. The van der Waals surface area contributed by atoms with E-state index in [0.29, 0.717) is 0 Å². The molecule has 2 aliphatic heterocycles. The van der Waals surface area contributed by atoms with Gasteiger partial charge in [0.05, 0.1) is 13.8 Å². The van der Waals surface area contributed by atoms with Crippen molar-refractivity contribution in [3.8, 4) is 0 Å². The fourth-order valence-corrected chi connectivity index (χ4v) is 3.89. The Bertz CT molecular complexity index is 449. The molecule has 4 N–H and O–H groups in total. The summed E-state index contributed by atoms with van der Waals surface area (Å²) in [5.41, 5.74) is 0. The van der Waals surface area contributed by atoms with E-state index in [4.69, 9.17) is 43.6 Å². The zero-order chi connectivity index (χ0) is 19.5. The standard InChI is InChI=1S/C12H22B3O10P/c1-20-3-5-10(7(16)11(13)23-5)25-26(18,19)22-4-6-9(21-2)8(17)12(15-14)24-6/h5-12,16-19H,3-4H2,1-2H3/q+1/t5-,6-,7?,8?,9?,10?,11-,12-/m1/s1. The summed E-state index contributed by atoms with van der Waals surface area (Å²) >= 11 is 0. The fourth-order valence-electron chi connectivity index (χ4n) is 2.91. The first-order chi connectivity index (χ1) is 12.2. The SMILES string of the molecule is [B][B][C@@H]1O[C@H](CO[P+](O)(O)OC2C(O)[C@H]([B])O[C@@H]2COC)C(OC)C1O. The second kappa shape index (κ2) is 9.62. The molecule has 5 radical (unpaired) electrons. The van der Waals surface area contributed by atoms with Crippen molar-refractivity contribution in [3.63, 3.8) is 0 Å². The van der Waals surface area contributed by atoms with E-state index in [2.05, 4.69) is 0 Å². The molecule has 0 aromatic rings. The van der Waals surface area contributed by atoms with Crippen LogP contribution in [0.1, 0.15) is 0 Å². The van der Waals surface area contributed by atoms with Crippen LogP contribution in [0.5, 0.6) is 0 Å². The largest absolute Gasteiger partial charge is 0.570 e. The monoisotopic (exact) mass is 390 g/mol. The summed E-state index contributed by atoms with van der Waals surface area (Å²) in [5.74, 6) is 0. The summed E-state index contributed by atoms with van der Waals surface area (Å²) in [6.45, 7) is -0.335. The van der Waals surface area contributed by atoms with E-state index in [9.17, 15) is 20.0 Å². The molecule has 0 aromatic heterocycles. The summed E-state index contributed by atoms with van der Waals surface area (Å²) in [6.07, 6.45) is -5.89. The van der Waals surface area contributed by atoms with E-state index in [-0.39, 0.29) is 13.2 Å². The van der Waals surface area contributed by atoms with E-state index in [1.165, 1.54) is 14.2 Å². The summed E-state index contributed by atoms with van der Waals surface area (Å²) < 4.78 is 30.9. The number of hydrogen-bond acceptors (Lipinski definition) is 10. The molecule has 2 rings (SSSR count). The highest BCUT2D eigenvalue weighted by atomic mass is 31.2. The average Bonchev–Trinajstić information content (AvgIpc) is 3.04. The van der Waals surface area contributed by atoms with Gasteiger partial charge in [0.25, 0.3) is 0 Å². The average molecular weight is 390 g/mol. The van der Waals surface area contributed by atoms with Crippen molar-refractivity contribution < 1.29 is 48.0 Å². The summed E-state index contributed by atoms with van der Waals surface area (Å²) in [7, 11) is 10.5. The van der Waals surface area contributed by atoms with Crippen molar-refractivity contribution in [2.45, 2.75) is 48.6 Å². The Labute approximate surface area is 155 Å². The van der Waals surface area contributed by atoms with E-state index in [0.717, 1.165) is 7.17 Å². The first-order valence-corrected chi connectivity index (χ1v) is 9.44. The van der Waals surface area contributed by atoms with Crippen LogP contribution in [0.2, 0.25) is 0 Å². The molecule has 10 nitrogen and oxygen atoms in total. The van der Waals surface area contributed by atoms with E-state index >= 15 is 0 Å². The zero-order valence-corrected chi connectivity index (χ0v) is 15.3. The lowest BCUT2D eigenvalue weighted by Gasteiger charge is -2.22. The minimum absolute atomic E-state index is 0.0210. The lowest BCUT2D eigenvalue weighted by molar-refractivity contribution is -0.0529. The van der Waals surface area contributed by atoms with E-state index in [1.807, 2.05) is 0 Å². The van der Waals surface area contributed by atoms with Gasteiger partial charge in [-0.3, -0.25) is 0 Å². The number of rotatable bonds is 9. The topological polar surface area (TPSA) is 136 Å². The van der Waals surface area contributed by atoms with Crippen LogP contribution in [0.25, 0.3) is 0 Å². The Kier molecular flexibility index (Phi) is 8.33. The molecule has 4 unspecified atom stereocenters. The van der Waals surface area contributed by atoms with Crippen LogP contribution in [0.4, 0.5) is 0 Å². The van der Waals surface area contributed by atoms with Gasteiger partial charge in [-0.05, 0) is 0 Å². The summed E-state index contributed by atoms with van der Waals surface area (Å²) in [6, 6.07) is -1.85. The van der Waals surface area contributed by atoms with Crippen LogP contribution in [-0.2, 0) is 28.0 Å². The first kappa shape index (κ1) is 22.5. The highest BCUT2D eigenvalue weighted by Crippen LogP contribution is 2.55. The molecule has 2 fully saturated rings. The molecule has 2 saturated heterocycles. The van der Waals surface area contributed by atoms with Gasteiger partial charge in [-0.25, -0.2) is 0 Å². The van der Waals surface area contributed by atoms with Crippen molar-refractivity contribution in [3.05, 3.63) is 0 Å². The molecule has 0 saturated carbocycles. The van der Waals surface area contributed by atoms with Gasteiger partial charge in [0.2, 0.25) is 0 Å². The molecule has 0 aromatic carbocycles. The Balaban J connectivity index is 1.93. The highest BCUT2D eigenvalue weighted by Gasteiger charge is 2.54. The van der Waals surface area contributed by atoms with Gasteiger partial charge in [-0.2, -0.15) is 14.3 Å². The molecule has 2 aliphatic rings. The van der Waals surface area contributed by atoms with Gasteiger partial charge in [0, 0.05) is 34.0 Å². The smallest absolute Gasteiger partial charge is 0.388 e. The van der Waals surface area contributed by atoms with Crippen LogP contribution in [0, 0.1) is 0 Å². The van der Waals surface area contributed by atoms with Gasteiger partial charge < -0.3 is 29.2 Å². The van der Waals surface area contributed by atoms with Gasteiger partial charge in [0.15, 0.2) is 6.10 Å². The molecule has 14 heteroatoms. The minimum atomic E-state index is -4.36. The number of methoxy groups -OCH3 is 2. The third kappa shape index (κ3) is 5.18. The molecule has 143 valence electrons. The van der Waals surface area contributed by atoms with E-state index < -0.39 is 56.8 Å². The van der Waals surface area contributed by atoms with Gasteiger partial charge in [0.1, 0.15) is 45.0 Å². The third-order valence-electron chi connectivity index (χ3n) is 4.20. The van der Waals surface area contributed by atoms with Gasteiger partial charge in [-0.15, -0.1) is 4.52 Å². The van der Waals surface area contributed by atoms with Crippen molar-refractivity contribution in [1.29, 1.82) is 0 Å². The summed E-state index contributed by atoms with van der Waals surface area (Å²) in [4.78, 5) is 20.1. The van der Waals surface area contributed by atoms with Crippen molar-refractivity contribution in [1.82, 2.24) is 0 Å².